The Kier molecular flexibility index (Phi) is 8.50. The third-order valence-electron chi connectivity index (χ3n) is 8.63. The average Bonchev–Trinajstić information content (AvgIpc) is 3.73. The van der Waals surface area contributed by atoms with E-state index < -0.39 is 0 Å². The lowest BCUT2D eigenvalue weighted by Crippen LogP contribution is -2.57. The zero-order valence-corrected chi connectivity index (χ0v) is 24.4. The van der Waals surface area contributed by atoms with E-state index in [2.05, 4.69) is 30.5 Å². The number of rotatable bonds is 9. The van der Waals surface area contributed by atoms with Crippen molar-refractivity contribution in [2.75, 3.05) is 51.8 Å². The summed E-state index contributed by atoms with van der Waals surface area (Å²) in [7, 11) is 1.76. The van der Waals surface area contributed by atoms with E-state index in [1.807, 2.05) is 29.8 Å². The molecule has 2 N–H and O–H groups in total. The maximum Gasteiger partial charge on any atom is 0.274 e. The van der Waals surface area contributed by atoms with Crippen LogP contribution in [0.15, 0.2) is 12.3 Å². The van der Waals surface area contributed by atoms with Gasteiger partial charge in [-0.1, -0.05) is 13.8 Å². The molecule has 5 rings (SSSR count). The van der Waals surface area contributed by atoms with E-state index in [-0.39, 0.29) is 41.5 Å². The highest BCUT2D eigenvalue weighted by molar-refractivity contribution is 5.98. The van der Waals surface area contributed by atoms with Crippen LogP contribution < -0.4 is 10.6 Å². The topological polar surface area (TPSA) is 96.0 Å². The molecule has 2 saturated carbocycles. The molecule has 4 aliphatic rings. The van der Waals surface area contributed by atoms with Crippen LogP contribution in [-0.4, -0.2) is 96.8 Å². The van der Waals surface area contributed by atoms with Crippen molar-refractivity contribution in [3.63, 3.8) is 0 Å². The van der Waals surface area contributed by atoms with Crippen LogP contribution in [0.2, 0.25) is 0 Å². The van der Waals surface area contributed by atoms with Gasteiger partial charge in [0, 0.05) is 58.1 Å². The van der Waals surface area contributed by atoms with Gasteiger partial charge in [-0.25, -0.2) is 4.98 Å². The van der Waals surface area contributed by atoms with Crippen LogP contribution in [0.3, 0.4) is 0 Å². The maximum absolute atomic E-state index is 14.2. The first-order chi connectivity index (χ1) is 18.6. The molecule has 9 nitrogen and oxygen atoms in total. The number of amides is 2. The molecule has 9 heteroatoms. The molecule has 1 aromatic heterocycles. The molecule has 2 saturated heterocycles. The summed E-state index contributed by atoms with van der Waals surface area (Å²) in [6.07, 6.45) is 7.07. The molecule has 2 aliphatic heterocycles. The fourth-order valence-corrected chi connectivity index (χ4v) is 6.23. The number of carbonyl (C=O) groups is 2. The Hall–Kier alpha value is -2.23. The van der Waals surface area contributed by atoms with Crippen molar-refractivity contribution in [2.24, 2.45) is 11.8 Å². The number of carbonyl (C=O) groups excluding carboxylic acids is 2. The van der Waals surface area contributed by atoms with Crippen LogP contribution in [0.5, 0.6) is 0 Å². The number of morpholine rings is 1. The van der Waals surface area contributed by atoms with Gasteiger partial charge < -0.3 is 29.9 Å². The summed E-state index contributed by atoms with van der Waals surface area (Å²) in [5.74, 6) is 0.794. The van der Waals surface area contributed by atoms with Gasteiger partial charge >= 0.3 is 0 Å². The number of ether oxygens (including phenoxy) is 2. The predicted molar refractivity (Wildman–Crippen MR) is 151 cm³/mol. The molecule has 2 unspecified atom stereocenters. The second-order valence-corrected chi connectivity index (χ2v) is 13.1. The second kappa shape index (κ2) is 11.7. The Morgan fingerprint density at radius 2 is 2.03 bits per heavy atom. The van der Waals surface area contributed by atoms with E-state index in [0.717, 1.165) is 18.5 Å². The Labute approximate surface area is 233 Å². The molecule has 3 heterocycles. The second-order valence-electron chi connectivity index (χ2n) is 13.1. The molecule has 0 bridgehead atoms. The van der Waals surface area contributed by atoms with E-state index in [1.165, 1.54) is 18.4 Å². The van der Waals surface area contributed by atoms with Crippen LogP contribution in [0.1, 0.15) is 81.8 Å². The van der Waals surface area contributed by atoms with Crippen molar-refractivity contribution in [1.82, 2.24) is 20.1 Å². The monoisotopic (exact) mass is 541 g/mol. The first-order valence-corrected chi connectivity index (χ1v) is 14.9. The summed E-state index contributed by atoms with van der Waals surface area (Å²) < 4.78 is 11.3. The van der Waals surface area contributed by atoms with E-state index in [1.54, 1.807) is 7.11 Å². The minimum Gasteiger partial charge on any atom is -0.381 e. The van der Waals surface area contributed by atoms with Crippen LogP contribution in [0, 0.1) is 11.8 Å². The minimum atomic E-state index is -0.333. The smallest absolute Gasteiger partial charge is 0.274 e. The third-order valence-corrected chi connectivity index (χ3v) is 8.63. The summed E-state index contributed by atoms with van der Waals surface area (Å²) in [5, 5.41) is 7.10. The number of nitrogens with one attached hydrogen (secondary N) is 2. The normalized spacial score (nSPS) is 28.6. The van der Waals surface area contributed by atoms with Gasteiger partial charge in [-0.05, 0) is 69.4 Å². The highest BCUT2D eigenvalue weighted by Crippen LogP contribution is 2.41. The fraction of sp³-hybridized carbons (Fsp3) is 0.767. The van der Waals surface area contributed by atoms with Crippen LogP contribution in [0.25, 0.3) is 0 Å². The van der Waals surface area contributed by atoms with Crippen molar-refractivity contribution in [3.8, 4) is 0 Å². The van der Waals surface area contributed by atoms with E-state index >= 15 is 0 Å². The SMILES string of the molecule is COC1CC(Nc2cc(C3CC3)cnc2C(=O)N(CC(C)C)C2CNCC(C(=O)N3CCOC(C)(C)C3)C2)C1. The average molecular weight is 542 g/mol. The van der Waals surface area contributed by atoms with Gasteiger partial charge in [0.2, 0.25) is 5.91 Å². The van der Waals surface area contributed by atoms with Crippen LogP contribution in [-0.2, 0) is 14.3 Å². The number of methoxy groups -OCH3 is 1. The highest BCUT2D eigenvalue weighted by Gasteiger charge is 2.39. The Morgan fingerprint density at radius 3 is 2.69 bits per heavy atom. The van der Waals surface area contributed by atoms with Gasteiger partial charge in [0.25, 0.3) is 5.91 Å². The third kappa shape index (κ3) is 6.74. The number of hydrogen-bond acceptors (Lipinski definition) is 7. The van der Waals surface area contributed by atoms with Gasteiger partial charge in [0.1, 0.15) is 0 Å². The van der Waals surface area contributed by atoms with Crippen LogP contribution >= 0.6 is 0 Å². The lowest BCUT2D eigenvalue weighted by Gasteiger charge is -2.42. The molecule has 0 aromatic carbocycles. The Bertz CT molecular complexity index is 1040. The molecule has 0 spiro atoms. The fourth-order valence-electron chi connectivity index (χ4n) is 6.23. The van der Waals surface area contributed by atoms with Crippen molar-refractivity contribution < 1.29 is 19.1 Å². The van der Waals surface area contributed by atoms with Crippen molar-refractivity contribution in [1.29, 1.82) is 0 Å². The maximum atomic E-state index is 14.2. The zero-order valence-electron chi connectivity index (χ0n) is 24.4. The molecule has 2 atom stereocenters. The predicted octanol–water partition coefficient (Wildman–Crippen LogP) is 3.26. The number of aromatic nitrogens is 1. The number of pyridine rings is 1. The summed E-state index contributed by atoms with van der Waals surface area (Å²) in [6.45, 7) is 12.1. The standard InChI is InChI=1S/C30H47N5O4/c1-19(2)17-35(24-10-22(14-31-16-24)28(36)34-8-9-39-30(3,4)18-34)29(37)27-26(33-23-12-25(13-23)38-5)11-21(15-32-27)20-6-7-20/h11,15,19-20,22-25,31,33H,6-10,12-14,16-18H2,1-5H3. The molecule has 1 aromatic rings. The molecule has 216 valence electrons. The summed E-state index contributed by atoms with van der Waals surface area (Å²) in [5.41, 5.74) is 2.21. The lowest BCUT2D eigenvalue weighted by atomic mass is 9.89. The number of piperidine rings is 1. The summed E-state index contributed by atoms with van der Waals surface area (Å²) in [6, 6.07) is 2.36. The number of hydrogen-bond donors (Lipinski definition) is 2. The summed E-state index contributed by atoms with van der Waals surface area (Å²) >= 11 is 0. The minimum absolute atomic E-state index is 0.0523. The first kappa shape index (κ1) is 28.3. The molecular formula is C30H47N5O4. The molecule has 0 radical (unpaired) electrons. The van der Waals surface area contributed by atoms with E-state index in [4.69, 9.17) is 14.5 Å². The van der Waals surface area contributed by atoms with Crippen molar-refractivity contribution in [3.05, 3.63) is 23.5 Å². The van der Waals surface area contributed by atoms with Crippen molar-refractivity contribution >= 4 is 17.5 Å². The largest absolute Gasteiger partial charge is 0.381 e. The highest BCUT2D eigenvalue weighted by atomic mass is 16.5. The molecule has 2 amide bonds. The van der Waals surface area contributed by atoms with Crippen molar-refractivity contribution in [2.45, 2.75) is 89.5 Å². The number of anilines is 1. The summed E-state index contributed by atoms with van der Waals surface area (Å²) in [4.78, 5) is 36.4. The quantitative estimate of drug-likeness (QED) is 0.495. The van der Waals surface area contributed by atoms with Gasteiger partial charge in [-0.2, -0.15) is 0 Å². The lowest BCUT2D eigenvalue weighted by molar-refractivity contribution is -0.151. The number of nitrogens with zero attached hydrogens (tertiary/aromatic N) is 3. The molecule has 4 fully saturated rings. The van der Waals surface area contributed by atoms with Crippen LogP contribution in [0.4, 0.5) is 5.69 Å². The Balaban J connectivity index is 1.34. The molecular weight excluding hydrogens is 494 g/mol. The van der Waals surface area contributed by atoms with Gasteiger partial charge in [0.15, 0.2) is 5.69 Å². The Morgan fingerprint density at radius 1 is 1.26 bits per heavy atom. The molecule has 2 aliphatic carbocycles. The zero-order chi connectivity index (χ0) is 27.7. The van der Waals surface area contributed by atoms with Gasteiger partial charge in [0.05, 0.1) is 29.9 Å². The van der Waals surface area contributed by atoms with Gasteiger partial charge in [-0.15, -0.1) is 0 Å². The molecule has 39 heavy (non-hydrogen) atoms. The van der Waals surface area contributed by atoms with Gasteiger partial charge in [-0.3, -0.25) is 9.59 Å². The first-order valence-electron chi connectivity index (χ1n) is 14.9. The van der Waals surface area contributed by atoms with E-state index in [0.29, 0.717) is 63.3 Å². The van der Waals surface area contributed by atoms with E-state index in [9.17, 15) is 9.59 Å².